The number of amides is 3. The normalized spacial score (nSPS) is 10.7. The van der Waals surface area contributed by atoms with Crippen molar-refractivity contribution < 1.29 is 14.0 Å². The first-order chi connectivity index (χ1) is 17.9. The van der Waals surface area contributed by atoms with Crippen LogP contribution in [-0.4, -0.2) is 39.7 Å². The van der Waals surface area contributed by atoms with E-state index < -0.39 is 0 Å². The number of carbonyl (C=O) groups excluding carboxylic acids is 2. The Bertz CT molecular complexity index is 1360. The second kappa shape index (κ2) is 12.3. The zero-order valence-corrected chi connectivity index (χ0v) is 21.9. The molecule has 2 N–H and O–H groups in total. The molecule has 0 aliphatic carbocycles. The van der Waals surface area contributed by atoms with Gasteiger partial charge >= 0.3 is 6.03 Å². The lowest BCUT2D eigenvalue weighted by Gasteiger charge is -2.22. The molecule has 9 heteroatoms. The summed E-state index contributed by atoms with van der Waals surface area (Å²) in [6.45, 7) is 2.31. The molecule has 0 aliphatic rings. The lowest BCUT2D eigenvalue weighted by Crippen LogP contribution is -2.41. The van der Waals surface area contributed by atoms with E-state index in [0.29, 0.717) is 29.4 Å². The van der Waals surface area contributed by atoms with Crippen molar-refractivity contribution in [1.29, 1.82) is 0 Å². The first-order valence-electron chi connectivity index (χ1n) is 12.0. The summed E-state index contributed by atoms with van der Waals surface area (Å²) in [7, 11) is 0. The van der Waals surface area contributed by atoms with E-state index in [0.717, 1.165) is 22.9 Å². The molecule has 0 spiro atoms. The number of nitrogens with zero attached hydrogens (tertiary/aromatic N) is 3. The van der Waals surface area contributed by atoms with Crippen LogP contribution in [0.25, 0.3) is 16.9 Å². The summed E-state index contributed by atoms with van der Waals surface area (Å²) in [5.41, 5.74) is 2.74. The average molecular weight is 564 g/mol. The van der Waals surface area contributed by atoms with Gasteiger partial charge in [-0.05, 0) is 48.9 Å². The number of hydrogen-bond acceptors (Lipinski definition) is 3. The van der Waals surface area contributed by atoms with Crippen molar-refractivity contribution in [3.8, 4) is 16.9 Å². The van der Waals surface area contributed by atoms with Crippen molar-refractivity contribution in [2.45, 2.75) is 19.8 Å². The third-order valence-corrected chi connectivity index (χ3v) is 6.09. The van der Waals surface area contributed by atoms with Crippen LogP contribution in [0.1, 0.15) is 19.8 Å². The fourth-order valence-electron chi connectivity index (χ4n) is 3.73. The summed E-state index contributed by atoms with van der Waals surface area (Å²) in [4.78, 5) is 27.6. The van der Waals surface area contributed by atoms with Crippen LogP contribution in [0.4, 0.5) is 20.7 Å². The van der Waals surface area contributed by atoms with Crippen molar-refractivity contribution in [2.75, 3.05) is 23.7 Å². The monoisotopic (exact) mass is 563 g/mol. The van der Waals surface area contributed by atoms with Gasteiger partial charge in [0.15, 0.2) is 0 Å². The number of halogens is 2. The molecule has 0 unspecified atom stereocenters. The standard InChI is InChI=1S/C28H27BrFN5O2/c1-2-3-16-34(28(37)31-23-11-7-10-21(29)17-23)19-27(36)32-26-18-25(20-8-5-4-6-9-20)33-35(26)24-14-12-22(30)13-15-24/h4-15,17-18H,2-3,16,19H2,1H3,(H,31,37)(H,32,36). The molecular weight excluding hydrogens is 537 g/mol. The minimum Gasteiger partial charge on any atom is -0.315 e. The van der Waals surface area contributed by atoms with E-state index in [2.05, 4.69) is 31.7 Å². The molecule has 0 saturated carbocycles. The predicted molar refractivity (Wildman–Crippen MR) is 147 cm³/mol. The molecule has 0 fully saturated rings. The number of nitrogens with one attached hydrogen (secondary N) is 2. The molecule has 0 atom stereocenters. The maximum atomic E-state index is 13.5. The highest BCUT2D eigenvalue weighted by atomic mass is 79.9. The Labute approximate surface area is 223 Å². The number of benzene rings is 3. The number of urea groups is 1. The summed E-state index contributed by atoms with van der Waals surface area (Å²) >= 11 is 3.40. The highest BCUT2D eigenvalue weighted by molar-refractivity contribution is 9.10. The third kappa shape index (κ3) is 7.04. The lowest BCUT2D eigenvalue weighted by atomic mass is 10.1. The Balaban J connectivity index is 1.55. The quantitative estimate of drug-likeness (QED) is 0.237. The number of unbranched alkanes of at least 4 members (excludes halogenated alkanes) is 1. The Morgan fingerprint density at radius 3 is 2.43 bits per heavy atom. The molecule has 37 heavy (non-hydrogen) atoms. The third-order valence-electron chi connectivity index (χ3n) is 5.60. The summed E-state index contributed by atoms with van der Waals surface area (Å²) in [6.07, 6.45) is 1.63. The van der Waals surface area contributed by atoms with E-state index in [4.69, 9.17) is 0 Å². The van der Waals surface area contributed by atoms with Crippen LogP contribution in [0, 0.1) is 5.82 Å². The molecule has 0 aliphatic heterocycles. The smallest absolute Gasteiger partial charge is 0.315 e. The number of anilines is 2. The van der Waals surface area contributed by atoms with Gasteiger partial charge in [0.1, 0.15) is 18.2 Å². The van der Waals surface area contributed by atoms with Crippen LogP contribution in [0.15, 0.2) is 89.4 Å². The molecule has 7 nitrogen and oxygen atoms in total. The van der Waals surface area contributed by atoms with Crippen LogP contribution in [0.5, 0.6) is 0 Å². The number of carbonyl (C=O) groups is 2. The second-order valence-corrected chi connectivity index (χ2v) is 9.35. The van der Waals surface area contributed by atoms with Gasteiger partial charge in [-0.15, -0.1) is 0 Å². The molecule has 4 rings (SSSR count). The molecule has 3 amide bonds. The number of hydrogen-bond donors (Lipinski definition) is 2. The van der Waals surface area contributed by atoms with Gasteiger partial charge in [-0.2, -0.15) is 5.10 Å². The zero-order valence-electron chi connectivity index (χ0n) is 20.3. The average Bonchev–Trinajstić information content (AvgIpc) is 3.31. The van der Waals surface area contributed by atoms with Crippen molar-refractivity contribution in [2.24, 2.45) is 0 Å². The first kappa shape index (κ1) is 26.1. The molecule has 0 radical (unpaired) electrons. The molecule has 190 valence electrons. The highest BCUT2D eigenvalue weighted by Crippen LogP contribution is 2.25. The van der Waals surface area contributed by atoms with Gasteiger partial charge in [-0.3, -0.25) is 4.79 Å². The SMILES string of the molecule is CCCCN(CC(=O)Nc1cc(-c2ccccc2)nn1-c1ccc(F)cc1)C(=O)Nc1cccc(Br)c1. The Hall–Kier alpha value is -3.98. The number of rotatable bonds is 9. The van der Waals surface area contributed by atoms with Gasteiger partial charge < -0.3 is 15.5 Å². The maximum Gasteiger partial charge on any atom is 0.322 e. The topological polar surface area (TPSA) is 79.3 Å². The minimum absolute atomic E-state index is 0.144. The van der Waals surface area contributed by atoms with Crippen LogP contribution >= 0.6 is 15.9 Å². The fraction of sp³-hybridized carbons (Fsp3) is 0.179. The molecular formula is C28H27BrFN5O2. The van der Waals surface area contributed by atoms with E-state index >= 15 is 0 Å². The largest absolute Gasteiger partial charge is 0.322 e. The summed E-state index contributed by atoms with van der Waals surface area (Å²) in [6, 6.07) is 24.1. The molecule has 1 aromatic heterocycles. The van der Waals surface area contributed by atoms with Gasteiger partial charge in [-0.1, -0.05) is 65.7 Å². The molecule has 4 aromatic rings. The summed E-state index contributed by atoms with van der Waals surface area (Å²) in [5, 5.41) is 10.4. The van der Waals surface area contributed by atoms with E-state index in [1.165, 1.54) is 17.0 Å². The van der Waals surface area contributed by atoms with Gasteiger partial charge in [0.25, 0.3) is 0 Å². The van der Waals surface area contributed by atoms with Crippen molar-refractivity contribution in [3.05, 3.63) is 95.2 Å². The second-order valence-electron chi connectivity index (χ2n) is 8.43. The van der Waals surface area contributed by atoms with Crippen LogP contribution < -0.4 is 10.6 Å². The van der Waals surface area contributed by atoms with E-state index in [1.807, 2.05) is 49.4 Å². The maximum absolute atomic E-state index is 13.5. The van der Waals surface area contributed by atoms with Gasteiger partial charge in [0, 0.05) is 28.3 Å². The number of aromatic nitrogens is 2. The lowest BCUT2D eigenvalue weighted by molar-refractivity contribution is -0.116. The van der Waals surface area contributed by atoms with Crippen LogP contribution in [0.3, 0.4) is 0 Å². The Morgan fingerprint density at radius 1 is 0.973 bits per heavy atom. The van der Waals surface area contributed by atoms with Crippen molar-refractivity contribution in [3.63, 3.8) is 0 Å². The molecule has 1 heterocycles. The van der Waals surface area contributed by atoms with E-state index in [9.17, 15) is 14.0 Å². The van der Waals surface area contributed by atoms with E-state index in [-0.39, 0.29) is 24.3 Å². The van der Waals surface area contributed by atoms with Crippen LogP contribution in [0.2, 0.25) is 0 Å². The Morgan fingerprint density at radius 2 is 1.73 bits per heavy atom. The first-order valence-corrected chi connectivity index (χ1v) is 12.7. The summed E-state index contributed by atoms with van der Waals surface area (Å²) < 4.78 is 15.9. The molecule has 0 saturated heterocycles. The fourth-order valence-corrected chi connectivity index (χ4v) is 4.12. The van der Waals surface area contributed by atoms with E-state index in [1.54, 1.807) is 35.0 Å². The highest BCUT2D eigenvalue weighted by Gasteiger charge is 2.20. The van der Waals surface area contributed by atoms with Crippen molar-refractivity contribution in [1.82, 2.24) is 14.7 Å². The van der Waals surface area contributed by atoms with Crippen molar-refractivity contribution >= 4 is 39.4 Å². The van der Waals surface area contributed by atoms with Gasteiger partial charge in [-0.25, -0.2) is 13.9 Å². The predicted octanol–water partition coefficient (Wildman–Crippen LogP) is 6.71. The molecule has 3 aromatic carbocycles. The molecule has 0 bridgehead atoms. The summed E-state index contributed by atoms with van der Waals surface area (Å²) in [5.74, 6) is -0.325. The van der Waals surface area contributed by atoms with Gasteiger partial charge in [0.05, 0.1) is 11.4 Å². The zero-order chi connectivity index (χ0) is 26.2. The van der Waals surface area contributed by atoms with Crippen LogP contribution in [-0.2, 0) is 4.79 Å². The van der Waals surface area contributed by atoms with Gasteiger partial charge in [0.2, 0.25) is 5.91 Å². The Kier molecular flexibility index (Phi) is 8.68. The minimum atomic E-state index is -0.372.